The average molecular weight is 398 g/mol. The fourth-order valence-corrected chi connectivity index (χ4v) is 3.18. The van der Waals surface area contributed by atoms with Gasteiger partial charge in [-0.25, -0.2) is 9.29 Å². The lowest BCUT2D eigenvalue weighted by Crippen LogP contribution is -2.34. The number of aliphatic hydroxyl groups is 1. The number of hydrogen-bond acceptors (Lipinski definition) is 5. The molecule has 7 heteroatoms. The van der Waals surface area contributed by atoms with Gasteiger partial charge in [-0.2, -0.15) is 0 Å². The van der Waals surface area contributed by atoms with E-state index in [1.165, 1.54) is 23.1 Å². The van der Waals surface area contributed by atoms with Gasteiger partial charge >= 0.3 is 0 Å². The summed E-state index contributed by atoms with van der Waals surface area (Å²) >= 11 is 0. The summed E-state index contributed by atoms with van der Waals surface area (Å²) in [7, 11) is 1.63. The fraction of sp³-hybridized carbons (Fsp3) is 0.273. The van der Waals surface area contributed by atoms with Gasteiger partial charge < -0.3 is 14.7 Å². The summed E-state index contributed by atoms with van der Waals surface area (Å²) in [6.07, 6.45) is 0.874. The van der Waals surface area contributed by atoms with E-state index in [0.29, 0.717) is 17.9 Å². The van der Waals surface area contributed by atoms with Crippen molar-refractivity contribution < 1.29 is 23.8 Å². The highest BCUT2D eigenvalue weighted by Gasteiger charge is 2.41. The number of likely N-dealkylation sites (N-methyl/N-ethyl adjacent to an activating group) is 1. The number of halogens is 1. The van der Waals surface area contributed by atoms with Crippen LogP contribution in [0.4, 0.5) is 10.1 Å². The summed E-state index contributed by atoms with van der Waals surface area (Å²) in [4.78, 5) is 28.8. The van der Waals surface area contributed by atoms with Crippen LogP contribution < -0.4 is 9.64 Å². The van der Waals surface area contributed by atoms with E-state index < -0.39 is 17.6 Å². The molecule has 0 spiro atoms. The molecule has 0 saturated heterocycles. The van der Waals surface area contributed by atoms with Crippen LogP contribution in [-0.4, -0.2) is 48.6 Å². The Bertz CT molecular complexity index is 940. The highest BCUT2D eigenvalue weighted by molar-refractivity contribution is 6.45. The highest BCUT2D eigenvalue weighted by Crippen LogP contribution is 2.35. The zero-order valence-corrected chi connectivity index (χ0v) is 16.4. The van der Waals surface area contributed by atoms with Crippen LogP contribution in [0.5, 0.6) is 5.75 Å². The van der Waals surface area contributed by atoms with E-state index in [9.17, 15) is 19.1 Å². The van der Waals surface area contributed by atoms with Gasteiger partial charge in [0.1, 0.15) is 17.3 Å². The highest BCUT2D eigenvalue weighted by atomic mass is 19.1. The summed E-state index contributed by atoms with van der Waals surface area (Å²) in [6, 6.07) is 12.3. The van der Waals surface area contributed by atoms with Crippen LogP contribution in [0, 0.1) is 5.82 Å². The molecule has 1 aliphatic heterocycles. The summed E-state index contributed by atoms with van der Waals surface area (Å²) < 4.78 is 19.3. The van der Waals surface area contributed by atoms with Gasteiger partial charge in [0.25, 0.3) is 11.8 Å². The Balaban J connectivity index is 2.04. The Labute approximate surface area is 168 Å². The number of nitrogens with zero attached hydrogens (tertiary/aromatic N) is 2. The zero-order valence-electron chi connectivity index (χ0n) is 16.4. The molecule has 0 unspecified atom stereocenters. The Morgan fingerprint density at radius 2 is 1.83 bits per heavy atom. The van der Waals surface area contributed by atoms with Crippen molar-refractivity contribution in [1.29, 1.82) is 0 Å². The van der Waals surface area contributed by atoms with E-state index in [1.54, 1.807) is 31.3 Å². The molecule has 2 amide bonds. The SMILES string of the molecule is CCCOc1ccc(C2=C(N(C)CCO)C(=O)N(c3cccc(F)c3)C2=O)cc1. The second-order valence-electron chi connectivity index (χ2n) is 6.67. The molecule has 152 valence electrons. The van der Waals surface area contributed by atoms with Gasteiger partial charge in [0.05, 0.1) is 24.5 Å². The molecule has 3 rings (SSSR count). The normalized spacial score (nSPS) is 14.0. The number of carbonyl (C=O) groups excluding carboxylic acids is 2. The molecule has 0 radical (unpaired) electrons. The van der Waals surface area contributed by atoms with Gasteiger partial charge in [-0.05, 0) is 42.3 Å². The lowest BCUT2D eigenvalue weighted by molar-refractivity contribution is -0.120. The van der Waals surface area contributed by atoms with Crippen molar-refractivity contribution in [3.05, 3.63) is 65.6 Å². The Kier molecular flexibility index (Phi) is 6.29. The second-order valence-corrected chi connectivity index (χ2v) is 6.67. The van der Waals surface area contributed by atoms with E-state index in [1.807, 2.05) is 6.92 Å². The number of ether oxygens (including phenoxy) is 1. The van der Waals surface area contributed by atoms with Crippen molar-refractivity contribution in [2.24, 2.45) is 0 Å². The van der Waals surface area contributed by atoms with Gasteiger partial charge in [-0.3, -0.25) is 9.59 Å². The maximum atomic E-state index is 13.7. The van der Waals surface area contributed by atoms with Crippen molar-refractivity contribution in [2.45, 2.75) is 13.3 Å². The molecule has 1 N–H and O–H groups in total. The van der Waals surface area contributed by atoms with Gasteiger partial charge in [0.2, 0.25) is 0 Å². The number of rotatable bonds is 8. The van der Waals surface area contributed by atoms with Gasteiger partial charge in [0.15, 0.2) is 0 Å². The molecule has 2 aromatic rings. The maximum Gasteiger partial charge on any atom is 0.282 e. The maximum absolute atomic E-state index is 13.7. The Morgan fingerprint density at radius 1 is 1.10 bits per heavy atom. The largest absolute Gasteiger partial charge is 0.494 e. The molecule has 0 fully saturated rings. The van der Waals surface area contributed by atoms with Crippen LogP contribution in [0.25, 0.3) is 5.57 Å². The summed E-state index contributed by atoms with van der Waals surface area (Å²) in [5.74, 6) is -0.972. The number of anilines is 1. The Morgan fingerprint density at radius 3 is 2.45 bits per heavy atom. The molecule has 0 bridgehead atoms. The third kappa shape index (κ3) is 4.14. The Hall–Kier alpha value is -3.19. The molecule has 1 aliphatic rings. The number of carbonyl (C=O) groups is 2. The lowest BCUT2D eigenvalue weighted by Gasteiger charge is -2.20. The van der Waals surface area contributed by atoms with Crippen LogP contribution in [0.2, 0.25) is 0 Å². The summed E-state index contributed by atoms with van der Waals surface area (Å²) in [5, 5.41) is 9.30. The third-order valence-electron chi connectivity index (χ3n) is 4.56. The quantitative estimate of drug-likeness (QED) is 0.693. The van der Waals surface area contributed by atoms with Crippen LogP contribution >= 0.6 is 0 Å². The van der Waals surface area contributed by atoms with E-state index in [-0.39, 0.29) is 30.1 Å². The van der Waals surface area contributed by atoms with Gasteiger partial charge in [-0.1, -0.05) is 25.1 Å². The standard InChI is InChI=1S/C22H23FN2O4/c1-3-13-29-18-9-7-15(8-10-18)19-20(24(2)11-12-26)22(28)25(21(19)27)17-6-4-5-16(23)14-17/h4-10,14,26H,3,11-13H2,1-2H3. The zero-order chi connectivity index (χ0) is 21.0. The topological polar surface area (TPSA) is 70.1 Å². The lowest BCUT2D eigenvalue weighted by atomic mass is 10.0. The number of aliphatic hydroxyl groups excluding tert-OH is 1. The van der Waals surface area contributed by atoms with E-state index in [0.717, 1.165) is 17.4 Å². The first kappa shape index (κ1) is 20.5. The molecule has 0 aliphatic carbocycles. The molecular formula is C22H23FN2O4. The minimum absolute atomic E-state index is 0.160. The van der Waals surface area contributed by atoms with Crippen molar-refractivity contribution >= 4 is 23.1 Å². The minimum Gasteiger partial charge on any atom is -0.494 e. The van der Waals surface area contributed by atoms with Crippen molar-refractivity contribution in [2.75, 3.05) is 31.7 Å². The number of imide groups is 1. The molecule has 6 nitrogen and oxygen atoms in total. The molecule has 1 heterocycles. The van der Waals surface area contributed by atoms with Crippen molar-refractivity contribution in [1.82, 2.24) is 4.90 Å². The number of hydrogen-bond donors (Lipinski definition) is 1. The summed E-state index contributed by atoms with van der Waals surface area (Å²) in [6.45, 7) is 2.58. The molecule has 29 heavy (non-hydrogen) atoms. The van der Waals surface area contributed by atoms with Gasteiger partial charge in [0, 0.05) is 13.6 Å². The fourth-order valence-electron chi connectivity index (χ4n) is 3.18. The van der Waals surface area contributed by atoms with Gasteiger partial charge in [-0.15, -0.1) is 0 Å². The second kappa shape index (κ2) is 8.87. The smallest absolute Gasteiger partial charge is 0.282 e. The van der Waals surface area contributed by atoms with Crippen LogP contribution in [-0.2, 0) is 9.59 Å². The molecular weight excluding hydrogens is 375 g/mol. The third-order valence-corrected chi connectivity index (χ3v) is 4.56. The predicted octanol–water partition coefficient (Wildman–Crippen LogP) is 2.82. The first-order valence-corrected chi connectivity index (χ1v) is 9.41. The van der Waals surface area contributed by atoms with Crippen LogP contribution in [0.1, 0.15) is 18.9 Å². The minimum atomic E-state index is -0.558. The summed E-state index contributed by atoms with van der Waals surface area (Å²) in [5.41, 5.74) is 1.08. The number of amides is 2. The molecule has 0 atom stereocenters. The van der Waals surface area contributed by atoms with E-state index >= 15 is 0 Å². The first-order chi connectivity index (χ1) is 14.0. The predicted molar refractivity (Wildman–Crippen MR) is 108 cm³/mol. The number of benzene rings is 2. The van der Waals surface area contributed by atoms with E-state index in [4.69, 9.17) is 4.74 Å². The van der Waals surface area contributed by atoms with E-state index in [2.05, 4.69) is 0 Å². The molecule has 0 saturated carbocycles. The average Bonchev–Trinajstić information content (AvgIpc) is 2.97. The van der Waals surface area contributed by atoms with Crippen molar-refractivity contribution in [3.8, 4) is 5.75 Å². The van der Waals surface area contributed by atoms with Crippen molar-refractivity contribution in [3.63, 3.8) is 0 Å². The molecule has 2 aromatic carbocycles. The first-order valence-electron chi connectivity index (χ1n) is 9.41. The van der Waals surface area contributed by atoms with Crippen LogP contribution in [0.3, 0.4) is 0 Å². The van der Waals surface area contributed by atoms with Crippen LogP contribution in [0.15, 0.2) is 54.2 Å². The molecule has 0 aromatic heterocycles. The monoisotopic (exact) mass is 398 g/mol.